The van der Waals surface area contributed by atoms with Crippen LogP contribution in [-0.2, 0) is 0 Å². The zero-order chi connectivity index (χ0) is 20.7. The summed E-state index contributed by atoms with van der Waals surface area (Å²) in [6.07, 6.45) is 1.03. The number of nitrogens with one attached hydrogen (secondary N) is 1. The van der Waals surface area contributed by atoms with Crippen LogP contribution in [0.5, 0.6) is 0 Å². The highest BCUT2D eigenvalue weighted by Gasteiger charge is 2.35. The number of aromatic nitrogens is 2. The molecule has 0 fully saturated rings. The quantitative estimate of drug-likeness (QED) is 0.683. The van der Waals surface area contributed by atoms with Gasteiger partial charge in [0.05, 0.1) is 24.4 Å². The zero-order valence-corrected chi connectivity index (χ0v) is 18.0. The molecule has 0 radical (unpaired) electrons. The maximum Gasteiger partial charge on any atom is 0.216 e. The Balaban J connectivity index is 1.52. The lowest BCUT2D eigenvalue weighted by Gasteiger charge is -2.41. The van der Waals surface area contributed by atoms with E-state index in [2.05, 4.69) is 69.0 Å². The van der Waals surface area contributed by atoms with Crippen molar-refractivity contribution >= 4 is 34.5 Å². The molecule has 5 rings (SSSR count). The molecule has 1 unspecified atom stereocenters. The van der Waals surface area contributed by atoms with Gasteiger partial charge < -0.3 is 10.2 Å². The van der Waals surface area contributed by atoms with Crippen LogP contribution in [0.25, 0.3) is 11.0 Å². The number of imidazole rings is 1. The van der Waals surface area contributed by atoms with Crippen molar-refractivity contribution in [3.8, 4) is 0 Å². The van der Waals surface area contributed by atoms with Gasteiger partial charge >= 0.3 is 0 Å². The van der Waals surface area contributed by atoms with E-state index >= 15 is 0 Å². The number of guanidine groups is 1. The molecule has 1 atom stereocenters. The summed E-state index contributed by atoms with van der Waals surface area (Å²) in [5, 5.41) is 4.37. The van der Waals surface area contributed by atoms with Gasteiger partial charge in [-0.2, -0.15) is 0 Å². The summed E-state index contributed by atoms with van der Waals surface area (Å²) in [5.41, 5.74) is 3.21. The van der Waals surface area contributed by atoms with Crippen molar-refractivity contribution in [2.75, 3.05) is 45.4 Å². The molecule has 0 saturated heterocycles. The molecular weight excluding hydrogens is 398 g/mol. The molecule has 1 N–H and O–H groups in total. The van der Waals surface area contributed by atoms with Crippen molar-refractivity contribution in [2.24, 2.45) is 4.99 Å². The van der Waals surface area contributed by atoms with E-state index in [4.69, 9.17) is 21.6 Å². The molecule has 7 nitrogen and oxygen atoms in total. The van der Waals surface area contributed by atoms with E-state index in [-0.39, 0.29) is 6.17 Å². The number of nitrogens with zero attached hydrogens (tertiary/aromatic N) is 6. The van der Waals surface area contributed by atoms with Crippen LogP contribution < -0.4 is 10.2 Å². The minimum Gasteiger partial charge on any atom is -0.331 e. The molecular formula is C22H26ClN7. The predicted molar refractivity (Wildman–Crippen MR) is 122 cm³/mol. The second-order valence-corrected chi connectivity index (χ2v) is 8.55. The fourth-order valence-corrected chi connectivity index (χ4v) is 4.26. The van der Waals surface area contributed by atoms with Crippen molar-refractivity contribution in [3.63, 3.8) is 0 Å². The Morgan fingerprint density at radius 1 is 1.13 bits per heavy atom. The SMILES string of the molecule is CN(C)CCCN1CN=C2NC(c3ccc(Cl)cc3)n3c(nc4ccccc43)N2C1. The predicted octanol–water partition coefficient (Wildman–Crippen LogP) is 3.18. The van der Waals surface area contributed by atoms with Crippen molar-refractivity contribution in [3.05, 3.63) is 59.1 Å². The lowest BCUT2D eigenvalue weighted by Crippen LogP contribution is -2.57. The van der Waals surface area contributed by atoms with Crippen molar-refractivity contribution in [2.45, 2.75) is 12.6 Å². The third-order valence-corrected chi connectivity index (χ3v) is 5.88. The molecule has 0 amide bonds. The number of rotatable bonds is 5. The summed E-state index contributed by atoms with van der Waals surface area (Å²) >= 11 is 6.13. The van der Waals surface area contributed by atoms with Gasteiger partial charge in [-0.1, -0.05) is 35.9 Å². The second kappa shape index (κ2) is 7.91. The second-order valence-electron chi connectivity index (χ2n) is 8.11. The van der Waals surface area contributed by atoms with Gasteiger partial charge in [-0.05, 0) is 56.9 Å². The summed E-state index contributed by atoms with van der Waals surface area (Å²) < 4.78 is 2.26. The molecule has 0 spiro atoms. The first kappa shape index (κ1) is 19.4. The van der Waals surface area contributed by atoms with Crippen LogP contribution in [0.15, 0.2) is 53.5 Å². The average Bonchev–Trinajstić information content (AvgIpc) is 3.14. The molecule has 156 valence electrons. The maximum atomic E-state index is 6.13. The Morgan fingerprint density at radius 2 is 1.93 bits per heavy atom. The molecule has 0 saturated carbocycles. The Hall–Kier alpha value is -2.61. The van der Waals surface area contributed by atoms with Gasteiger partial charge in [0.1, 0.15) is 6.17 Å². The monoisotopic (exact) mass is 423 g/mol. The normalized spacial score (nSPS) is 18.9. The zero-order valence-electron chi connectivity index (χ0n) is 17.3. The van der Waals surface area contributed by atoms with Crippen molar-refractivity contribution in [1.82, 2.24) is 24.7 Å². The van der Waals surface area contributed by atoms with E-state index in [0.29, 0.717) is 6.67 Å². The van der Waals surface area contributed by atoms with Gasteiger partial charge in [0.25, 0.3) is 0 Å². The smallest absolute Gasteiger partial charge is 0.216 e. The number of hydrogen-bond acceptors (Lipinski definition) is 6. The first-order valence-corrected chi connectivity index (χ1v) is 10.7. The number of halogens is 1. The number of anilines is 1. The fraction of sp³-hybridized carbons (Fsp3) is 0.364. The number of fused-ring (bicyclic) bond motifs is 5. The van der Waals surface area contributed by atoms with Gasteiger partial charge in [0.15, 0.2) is 0 Å². The van der Waals surface area contributed by atoms with Gasteiger partial charge in [0.2, 0.25) is 11.9 Å². The van der Waals surface area contributed by atoms with E-state index in [9.17, 15) is 0 Å². The molecule has 1 aromatic heterocycles. The van der Waals surface area contributed by atoms with E-state index in [1.54, 1.807) is 0 Å². The third kappa shape index (κ3) is 3.53. The molecule has 8 heteroatoms. The molecule has 2 aliphatic heterocycles. The van der Waals surface area contributed by atoms with Gasteiger partial charge in [-0.3, -0.25) is 14.4 Å². The first-order valence-electron chi connectivity index (χ1n) is 10.3. The van der Waals surface area contributed by atoms with E-state index < -0.39 is 0 Å². The summed E-state index contributed by atoms with van der Waals surface area (Å²) in [5.74, 6) is 1.80. The molecule has 30 heavy (non-hydrogen) atoms. The first-order chi connectivity index (χ1) is 14.6. The standard InChI is InChI=1S/C22H26ClN7/c1-27(2)12-5-13-28-14-24-21-26-20(16-8-10-17(23)11-9-16)30-19-7-4-3-6-18(19)25-22(30)29(21)15-28/h3-4,6-11,20H,5,12-15H2,1-2H3,(H,24,26). The highest BCUT2D eigenvalue weighted by molar-refractivity contribution is 6.30. The minimum absolute atomic E-state index is 0.0834. The number of aliphatic imine (C=N–C) groups is 1. The molecule has 3 aromatic rings. The molecule has 0 bridgehead atoms. The summed E-state index contributed by atoms with van der Waals surface area (Å²) in [7, 11) is 4.22. The summed E-state index contributed by atoms with van der Waals surface area (Å²) in [4.78, 5) is 16.6. The molecule has 0 aliphatic carbocycles. The molecule has 2 aromatic carbocycles. The van der Waals surface area contributed by atoms with Crippen LogP contribution in [-0.4, -0.2) is 65.8 Å². The Bertz CT molecular complexity index is 1070. The van der Waals surface area contributed by atoms with Crippen LogP contribution >= 0.6 is 11.6 Å². The van der Waals surface area contributed by atoms with Gasteiger partial charge in [0, 0.05) is 11.6 Å². The highest BCUT2D eigenvalue weighted by Crippen LogP contribution is 2.34. The maximum absolute atomic E-state index is 6.13. The Kier molecular flexibility index (Phi) is 5.10. The lowest BCUT2D eigenvalue weighted by atomic mass is 10.1. The average molecular weight is 424 g/mol. The Morgan fingerprint density at radius 3 is 2.73 bits per heavy atom. The fourth-order valence-electron chi connectivity index (χ4n) is 4.14. The summed E-state index contributed by atoms with van der Waals surface area (Å²) in [6, 6.07) is 16.3. The largest absolute Gasteiger partial charge is 0.331 e. The Labute approximate surface area is 181 Å². The van der Waals surface area contributed by atoms with Gasteiger partial charge in [-0.15, -0.1) is 0 Å². The third-order valence-electron chi connectivity index (χ3n) is 5.63. The van der Waals surface area contributed by atoms with Crippen LogP contribution in [0.2, 0.25) is 5.02 Å². The van der Waals surface area contributed by atoms with E-state index in [1.807, 2.05) is 18.2 Å². The van der Waals surface area contributed by atoms with Crippen molar-refractivity contribution in [1.29, 1.82) is 0 Å². The summed E-state index contributed by atoms with van der Waals surface area (Å²) in [6.45, 7) is 3.55. The van der Waals surface area contributed by atoms with Crippen molar-refractivity contribution < 1.29 is 0 Å². The topological polar surface area (TPSA) is 51.9 Å². The van der Waals surface area contributed by atoms with Crippen LogP contribution in [0.4, 0.5) is 5.95 Å². The van der Waals surface area contributed by atoms with E-state index in [1.165, 1.54) is 0 Å². The molecule has 2 aliphatic rings. The van der Waals surface area contributed by atoms with E-state index in [0.717, 1.165) is 59.7 Å². The number of para-hydroxylation sites is 2. The highest BCUT2D eigenvalue weighted by atomic mass is 35.5. The lowest BCUT2D eigenvalue weighted by molar-refractivity contribution is 0.254. The van der Waals surface area contributed by atoms with Crippen LogP contribution in [0.3, 0.4) is 0 Å². The molecule has 3 heterocycles. The van der Waals surface area contributed by atoms with Crippen LogP contribution in [0.1, 0.15) is 18.2 Å². The number of benzene rings is 2. The van der Waals surface area contributed by atoms with Crippen LogP contribution in [0, 0.1) is 0 Å². The number of hydrogen-bond donors (Lipinski definition) is 1. The van der Waals surface area contributed by atoms with Gasteiger partial charge in [-0.25, -0.2) is 9.98 Å². The minimum atomic E-state index is -0.0834.